The van der Waals surface area contributed by atoms with Gasteiger partial charge in [0.15, 0.2) is 0 Å². The second-order valence-corrected chi connectivity index (χ2v) is 4.38. The number of aliphatic hydroxyl groups is 2. The SMILES string of the molecule is CC1=CC[C@@H](C(C)C)[C@H](CO)[C@@H]1O. The molecule has 76 valence electrons. The number of hydrogen-bond donors (Lipinski definition) is 2. The topological polar surface area (TPSA) is 40.5 Å². The van der Waals surface area contributed by atoms with Gasteiger partial charge in [-0.2, -0.15) is 0 Å². The van der Waals surface area contributed by atoms with Crippen molar-refractivity contribution < 1.29 is 10.2 Å². The van der Waals surface area contributed by atoms with Crippen molar-refractivity contribution in [2.75, 3.05) is 6.61 Å². The molecule has 0 saturated heterocycles. The van der Waals surface area contributed by atoms with E-state index in [2.05, 4.69) is 19.9 Å². The zero-order valence-corrected chi connectivity index (χ0v) is 8.70. The van der Waals surface area contributed by atoms with E-state index in [4.69, 9.17) is 0 Å². The monoisotopic (exact) mass is 184 g/mol. The van der Waals surface area contributed by atoms with Gasteiger partial charge in [-0.3, -0.25) is 0 Å². The van der Waals surface area contributed by atoms with E-state index in [1.165, 1.54) is 0 Å². The van der Waals surface area contributed by atoms with Crippen LogP contribution in [0.4, 0.5) is 0 Å². The van der Waals surface area contributed by atoms with Crippen LogP contribution in [0.5, 0.6) is 0 Å². The molecule has 2 N–H and O–H groups in total. The van der Waals surface area contributed by atoms with Crippen LogP contribution in [-0.2, 0) is 0 Å². The molecule has 0 aliphatic heterocycles. The average molecular weight is 184 g/mol. The Labute approximate surface area is 80.3 Å². The molecule has 0 saturated carbocycles. The lowest BCUT2D eigenvalue weighted by atomic mass is 9.73. The molecule has 0 heterocycles. The van der Waals surface area contributed by atoms with Gasteiger partial charge < -0.3 is 10.2 Å². The number of rotatable bonds is 2. The summed E-state index contributed by atoms with van der Waals surface area (Å²) in [6, 6.07) is 0. The average Bonchev–Trinajstić information content (AvgIpc) is 2.09. The molecule has 0 amide bonds. The maximum atomic E-state index is 9.83. The van der Waals surface area contributed by atoms with Gasteiger partial charge in [0.1, 0.15) is 0 Å². The summed E-state index contributed by atoms with van der Waals surface area (Å²) in [5.74, 6) is 0.977. The van der Waals surface area contributed by atoms with Crippen LogP contribution in [0.25, 0.3) is 0 Å². The Morgan fingerprint density at radius 1 is 1.54 bits per heavy atom. The van der Waals surface area contributed by atoms with E-state index >= 15 is 0 Å². The summed E-state index contributed by atoms with van der Waals surface area (Å²) in [4.78, 5) is 0. The molecule has 2 heteroatoms. The molecular weight excluding hydrogens is 164 g/mol. The van der Waals surface area contributed by atoms with Crippen LogP contribution in [-0.4, -0.2) is 22.9 Å². The van der Waals surface area contributed by atoms with E-state index in [1.807, 2.05) is 6.92 Å². The molecule has 1 aliphatic rings. The van der Waals surface area contributed by atoms with Crippen molar-refractivity contribution >= 4 is 0 Å². The van der Waals surface area contributed by atoms with Gasteiger partial charge in [0, 0.05) is 12.5 Å². The van der Waals surface area contributed by atoms with Gasteiger partial charge in [-0.25, -0.2) is 0 Å². The first-order chi connectivity index (χ1) is 6.07. The van der Waals surface area contributed by atoms with Gasteiger partial charge in [-0.15, -0.1) is 0 Å². The standard InChI is InChI=1S/C11H20O2/c1-7(2)9-5-4-8(3)11(13)10(9)6-12/h4,7,9-13H,5-6H2,1-3H3/t9-,10-,11+/m0/s1. The second kappa shape index (κ2) is 4.25. The highest BCUT2D eigenvalue weighted by Crippen LogP contribution is 2.34. The predicted molar refractivity (Wildman–Crippen MR) is 53.3 cm³/mol. The minimum absolute atomic E-state index is 0.0324. The quantitative estimate of drug-likeness (QED) is 0.640. The van der Waals surface area contributed by atoms with E-state index in [9.17, 15) is 10.2 Å². The van der Waals surface area contributed by atoms with Crippen molar-refractivity contribution in [3.63, 3.8) is 0 Å². The van der Waals surface area contributed by atoms with Crippen molar-refractivity contribution in [3.05, 3.63) is 11.6 Å². The Balaban J connectivity index is 2.78. The maximum Gasteiger partial charge on any atom is 0.0800 e. The Bertz CT molecular complexity index is 196. The second-order valence-electron chi connectivity index (χ2n) is 4.38. The summed E-state index contributed by atoms with van der Waals surface area (Å²) in [5.41, 5.74) is 1.01. The minimum Gasteiger partial charge on any atom is -0.396 e. The lowest BCUT2D eigenvalue weighted by molar-refractivity contribution is 0.0318. The van der Waals surface area contributed by atoms with Crippen LogP contribution in [0.3, 0.4) is 0 Å². The van der Waals surface area contributed by atoms with Gasteiger partial charge >= 0.3 is 0 Å². The van der Waals surface area contributed by atoms with Crippen LogP contribution < -0.4 is 0 Å². The molecule has 0 aromatic carbocycles. The molecular formula is C11H20O2. The fraction of sp³-hybridized carbons (Fsp3) is 0.818. The highest BCUT2D eigenvalue weighted by molar-refractivity contribution is 5.12. The smallest absolute Gasteiger partial charge is 0.0800 e. The third-order valence-corrected chi connectivity index (χ3v) is 3.20. The first kappa shape index (κ1) is 10.7. The fourth-order valence-electron chi connectivity index (χ4n) is 2.19. The molecule has 0 radical (unpaired) electrons. The van der Waals surface area contributed by atoms with Crippen molar-refractivity contribution in [3.8, 4) is 0 Å². The predicted octanol–water partition coefficient (Wildman–Crippen LogP) is 1.58. The first-order valence-electron chi connectivity index (χ1n) is 5.03. The minimum atomic E-state index is -0.439. The zero-order chi connectivity index (χ0) is 10.0. The van der Waals surface area contributed by atoms with Gasteiger partial charge in [0.25, 0.3) is 0 Å². The summed E-state index contributed by atoms with van der Waals surface area (Å²) < 4.78 is 0. The third kappa shape index (κ3) is 2.12. The molecule has 0 spiro atoms. The van der Waals surface area contributed by atoms with Gasteiger partial charge in [-0.05, 0) is 30.8 Å². The summed E-state index contributed by atoms with van der Waals surface area (Å²) >= 11 is 0. The molecule has 3 atom stereocenters. The van der Waals surface area contributed by atoms with Crippen molar-refractivity contribution in [2.45, 2.75) is 33.3 Å². The molecule has 13 heavy (non-hydrogen) atoms. The van der Waals surface area contributed by atoms with Crippen LogP contribution >= 0.6 is 0 Å². The first-order valence-corrected chi connectivity index (χ1v) is 5.03. The molecule has 0 fully saturated rings. The largest absolute Gasteiger partial charge is 0.396 e. The van der Waals surface area contributed by atoms with Crippen molar-refractivity contribution in [2.24, 2.45) is 17.8 Å². The summed E-state index contributed by atoms with van der Waals surface area (Å²) in [6.07, 6.45) is 2.65. The molecule has 1 aliphatic carbocycles. The van der Waals surface area contributed by atoms with Crippen molar-refractivity contribution in [1.82, 2.24) is 0 Å². The van der Waals surface area contributed by atoms with E-state index in [0.717, 1.165) is 12.0 Å². The van der Waals surface area contributed by atoms with Crippen LogP contribution in [0.2, 0.25) is 0 Å². The van der Waals surface area contributed by atoms with E-state index in [-0.39, 0.29) is 12.5 Å². The molecule has 0 unspecified atom stereocenters. The Kier molecular flexibility index (Phi) is 3.51. The number of allylic oxidation sites excluding steroid dienone is 1. The summed E-state index contributed by atoms with van der Waals surface area (Å²) in [6.45, 7) is 6.32. The van der Waals surface area contributed by atoms with Gasteiger partial charge in [0.2, 0.25) is 0 Å². The lowest BCUT2D eigenvalue weighted by Crippen LogP contribution is -2.37. The van der Waals surface area contributed by atoms with Gasteiger partial charge in [-0.1, -0.05) is 19.9 Å². The molecule has 0 aromatic rings. The van der Waals surface area contributed by atoms with Crippen LogP contribution in [0.15, 0.2) is 11.6 Å². The Morgan fingerprint density at radius 3 is 2.62 bits per heavy atom. The van der Waals surface area contributed by atoms with Crippen LogP contribution in [0.1, 0.15) is 27.2 Å². The maximum absolute atomic E-state index is 9.83. The number of hydrogen-bond acceptors (Lipinski definition) is 2. The highest BCUT2D eigenvalue weighted by atomic mass is 16.3. The Morgan fingerprint density at radius 2 is 2.15 bits per heavy atom. The highest BCUT2D eigenvalue weighted by Gasteiger charge is 2.33. The Hall–Kier alpha value is -0.340. The normalized spacial score (nSPS) is 34.9. The van der Waals surface area contributed by atoms with E-state index in [1.54, 1.807) is 0 Å². The molecule has 2 nitrogen and oxygen atoms in total. The zero-order valence-electron chi connectivity index (χ0n) is 8.70. The van der Waals surface area contributed by atoms with Gasteiger partial charge in [0.05, 0.1) is 6.10 Å². The summed E-state index contributed by atoms with van der Waals surface area (Å²) in [7, 11) is 0. The van der Waals surface area contributed by atoms with E-state index in [0.29, 0.717) is 11.8 Å². The van der Waals surface area contributed by atoms with Crippen LogP contribution in [0, 0.1) is 17.8 Å². The van der Waals surface area contributed by atoms with E-state index < -0.39 is 6.10 Å². The lowest BCUT2D eigenvalue weighted by Gasteiger charge is -2.36. The fourth-order valence-corrected chi connectivity index (χ4v) is 2.19. The number of aliphatic hydroxyl groups excluding tert-OH is 2. The molecule has 1 rings (SSSR count). The third-order valence-electron chi connectivity index (χ3n) is 3.20. The molecule has 0 aromatic heterocycles. The summed E-state index contributed by atoms with van der Waals surface area (Å²) in [5, 5.41) is 19.0. The van der Waals surface area contributed by atoms with Crippen molar-refractivity contribution in [1.29, 1.82) is 0 Å². The molecule has 0 bridgehead atoms.